The molecule has 0 aliphatic carbocycles. The van der Waals surface area contributed by atoms with Crippen LogP contribution in [0.25, 0.3) is 11.5 Å². The molecule has 0 spiro atoms. The molecule has 30 heavy (non-hydrogen) atoms. The number of rotatable bonds is 6. The Kier molecular flexibility index (Phi) is 6.50. The maximum absolute atomic E-state index is 12.9. The number of quaternary nitrogens is 1. The monoisotopic (exact) mass is 423 g/mol. The van der Waals surface area contributed by atoms with Crippen LogP contribution >= 0.6 is 11.8 Å². The number of amides is 1. The molecule has 7 heteroatoms. The number of nitrogens with one attached hydrogen (secondary N) is 1. The summed E-state index contributed by atoms with van der Waals surface area (Å²) in [6.45, 7) is 8.46. The van der Waals surface area contributed by atoms with Gasteiger partial charge in [-0.25, -0.2) is 0 Å². The molecule has 0 radical (unpaired) electrons. The van der Waals surface area contributed by atoms with E-state index in [4.69, 9.17) is 4.42 Å². The van der Waals surface area contributed by atoms with Crippen LogP contribution in [0.4, 0.5) is 0 Å². The van der Waals surface area contributed by atoms with Gasteiger partial charge in [-0.05, 0) is 26.0 Å². The van der Waals surface area contributed by atoms with Crippen LogP contribution in [0.15, 0.2) is 64.2 Å². The van der Waals surface area contributed by atoms with Crippen LogP contribution in [0.3, 0.4) is 0 Å². The van der Waals surface area contributed by atoms with Crippen molar-refractivity contribution in [3.8, 4) is 11.5 Å². The van der Waals surface area contributed by atoms with Gasteiger partial charge in [-0.1, -0.05) is 59.8 Å². The molecule has 4 rings (SSSR count). The highest BCUT2D eigenvalue weighted by atomic mass is 32.2. The topological polar surface area (TPSA) is 63.7 Å². The fourth-order valence-corrected chi connectivity index (χ4v) is 4.40. The number of piperazine rings is 1. The molecular formula is C23H27N4O2S+. The summed E-state index contributed by atoms with van der Waals surface area (Å²) in [4.78, 5) is 16.4. The van der Waals surface area contributed by atoms with Gasteiger partial charge in [0, 0.05) is 11.1 Å². The Morgan fingerprint density at radius 3 is 2.50 bits per heavy atom. The normalized spacial score (nSPS) is 15.9. The summed E-state index contributed by atoms with van der Waals surface area (Å²) in [6, 6.07) is 18.5. The zero-order valence-electron chi connectivity index (χ0n) is 17.4. The van der Waals surface area contributed by atoms with Crippen molar-refractivity contribution >= 4 is 17.7 Å². The number of nitrogens with zero attached hydrogens (tertiary/aromatic N) is 3. The van der Waals surface area contributed by atoms with Crippen LogP contribution in [-0.4, -0.2) is 52.4 Å². The van der Waals surface area contributed by atoms with Gasteiger partial charge < -0.3 is 14.2 Å². The number of hydrogen-bond acceptors (Lipinski definition) is 5. The van der Waals surface area contributed by atoms with E-state index in [2.05, 4.69) is 34.5 Å². The van der Waals surface area contributed by atoms with Crippen LogP contribution in [0, 0.1) is 6.92 Å². The minimum absolute atomic E-state index is 0.133. The van der Waals surface area contributed by atoms with E-state index >= 15 is 0 Å². The first-order chi connectivity index (χ1) is 14.6. The number of hydrogen-bond donors (Lipinski definition) is 1. The molecule has 0 saturated carbocycles. The molecule has 6 nitrogen and oxygen atoms in total. The highest BCUT2D eigenvalue weighted by Crippen LogP contribution is 2.27. The third-order valence-electron chi connectivity index (χ3n) is 5.41. The predicted molar refractivity (Wildman–Crippen MR) is 117 cm³/mol. The maximum Gasteiger partial charge on any atom is 0.277 e. The quantitative estimate of drug-likeness (QED) is 0.617. The lowest BCUT2D eigenvalue weighted by atomic mass is 10.1. The van der Waals surface area contributed by atoms with Gasteiger partial charge in [0.1, 0.15) is 6.54 Å². The van der Waals surface area contributed by atoms with Crippen molar-refractivity contribution in [2.24, 2.45) is 0 Å². The Labute approximate surface area is 181 Å². The fraction of sp³-hybridized carbons (Fsp3) is 0.348. The molecule has 1 amide bonds. The van der Waals surface area contributed by atoms with Crippen LogP contribution in [-0.2, 0) is 11.3 Å². The van der Waals surface area contributed by atoms with Crippen LogP contribution < -0.4 is 4.90 Å². The van der Waals surface area contributed by atoms with Gasteiger partial charge in [0.05, 0.1) is 31.4 Å². The second kappa shape index (κ2) is 9.45. The Morgan fingerprint density at radius 2 is 1.80 bits per heavy atom. The van der Waals surface area contributed by atoms with E-state index in [1.54, 1.807) is 0 Å². The molecule has 0 unspecified atom stereocenters. The molecule has 3 aromatic rings. The average Bonchev–Trinajstić information content (AvgIpc) is 3.23. The molecule has 1 aliphatic rings. The Bertz CT molecular complexity index is 966. The average molecular weight is 424 g/mol. The van der Waals surface area contributed by atoms with Crippen molar-refractivity contribution in [1.82, 2.24) is 15.1 Å². The zero-order chi connectivity index (χ0) is 20.9. The Hall–Kier alpha value is -2.64. The number of aromatic nitrogens is 2. The van der Waals surface area contributed by atoms with Crippen molar-refractivity contribution in [3.05, 3.63) is 65.7 Å². The highest BCUT2D eigenvalue weighted by Gasteiger charge is 2.28. The summed E-state index contributed by atoms with van der Waals surface area (Å²) in [5.74, 6) is 0.615. The maximum atomic E-state index is 12.9. The fourth-order valence-electron chi connectivity index (χ4n) is 3.63. The molecule has 1 saturated heterocycles. The summed E-state index contributed by atoms with van der Waals surface area (Å²) in [5, 5.41) is 8.41. The van der Waals surface area contributed by atoms with E-state index in [1.807, 2.05) is 49.1 Å². The molecule has 1 N–H and O–H groups in total. The second-order valence-electron chi connectivity index (χ2n) is 7.74. The van der Waals surface area contributed by atoms with Gasteiger partial charge in [0.2, 0.25) is 11.8 Å². The number of aryl methyl sites for hydroxylation is 1. The number of thioether (sulfide) groups is 1. The van der Waals surface area contributed by atoms with Crippen molar-refractivity contribution in [1.29, 1.82) is 0 Å². The third kappa shape index (κ3) is 5.09. The van der Waals surface area contributed by atoms with Gasteiger partial charge >= 0.3 is 0 Å². The summed E-state index contributed by atoms with van der Waals surface area (Å²) in [5.41, 5.74) is 3.41. The van der Waals surface area contributed by atoms with Crippen LogP contribution in [0.2, 0.25) is 0 Å². The molecule has 0 bridgehead atoms. The first kappa shape index (κ1) is 20.6. The summed E-state index contributed by atoms with van der Waals surface area (Å²) >= 11 is 1.33. The highest BCUT2D eigenvalue weighted by molar-refractivity contribution is 8.00. The van der Waals surface area contributed by atoms with Crippen molar-refractivity contribution in [3.63, 3.8) is 0 Å². The van der Waals surface area contributed by atoms with Gasteiger partial charge in [-0.15, -0.1) is 10.2 Å². The molecule has 1 aliphatic heterocycles. The Morgan fingerprint density at radius 1 is 1.10 bits per heavy atom. The summed E-state index contributed by atoms with van der Waals surface area (Å²) < 4.78 is 5.77. The molecule has 1 atom stereocenters. The van der Waals surface area contributed by atoms with E-state index in [9.17, 15) is 4.79 Å². The van der Waals surface area contributed by atoms with Crippen molar-refractivity contribution < 1.29 is 14.1 Å². The largest absolute Gasteiger partial charge is 0.411 e. The van der Waals surface area contributed by atoms with E-state index in [0.29, 0.717) is 11.1 Å². The van der Waals surface area contributed by atoms with Gasteiger partial charge in [-0.2, -0.15) is 0 Å². The minimum Gasteiger partial charge on any atom is -0.411 e. The lowest BCUT2D eigenvalue weighted by molar-refractivity contribution is -0.917. The predicted octanol–water partition coefficient (Wildman–Crippen LogP) is 2.45. The lowest BCUT2D eigenvalue weighted by Crippen LogP contribution is -3.13. The summed E-state index contributed by atoms with van der Waals surface area (Å²) in [6.07, 6.45) is 0. The third-order valence-corrected chi connectivity index (χ3v) is 6.33. The lowest BCUT2D eigenvalue weighted by Gasteiger charge is -2.33. The van der Waals surface area contributed by atoms with Gasteiger partial charge in [0.15, 0.2) is 0 Å². The smallest absolute Gasteiger partial charge is 0.277 e. The van der Waals surface area contributed by atoms with Gasteiger partial charge in [-0.3, -0.25) is 4.79 Å². The van der Waals surface area contributed by atoms with Gasteiger partial charge in [0.25, 0.3) is 5.22 Å². The van der Waals surface area contributed by atoms with Crippen molar-refractivity contribution in [2.75, 3.05) is 26.2 Å². The standard InChI is InChI=1S/C23H26N4O2S/c1-17-8-10-20(11-9-17)21-24-25-23(29-21)30-18(2)22(28)27-14-12-26(13-15-27)16-19-6-4-3-5-7-19/h3-11,18H,12-16H2,1-2H3/p+1/t18-/m0/s1. The second-order valence-corrected chi connectivity index (χ2v) is 9.03. The van der Waals surface area contributed by atoms with E-state index < -0.39 is 0 Å². The molecule has 1 fully saturated rings. The number of carbonyl (C=O) groups excluding carboxylic acids is 1. The molecule has 1 aromatic heterocycles. The molecule has 2 heterocycles. The first-order valence-corrected chi connectivity index (χ1v) is 11.2. The van der Waals surface area contributed by atoms with E-state index in [-0.39, 0.29) is 11.2 Å². The molecule has 2 aromatic carbocycles. The zero-order valence-corrected chi connectivity index (χ0v) is 18.2. The van der Waals surface area contributed by atoms with E-state index in [1.165, 1.54) is 27.8 Å². The number of benzene rings is 2. The first-order valence-electron chi connectivity index (χ1n) is 10.3. The minimum atomic E-state index is -0.257. The Balaban J connectivity index is 1.29. The van der Waals surface area contributed by atoms with Crippen LogP contribution in [0.5, 0.6) is 0 Å². The molecular weight excluding hydrogens is 396 g/mol. The number of carbonyl (C=O) groups is 1. The van der Waals surface area contributed by atoms with E-state index in [0.717, 1.165) is 38.3 Å². The molecule has 156 valence electrons. The van der Waals surface area contributed by atoms with Crippen molar-refractivity contribution in [2.45, 2.75) is 30.9 Å². The van der Waals surface area contributed by atoms with Crippen LogP contribution in [0.1, 0.15) is 18.1 Å². The summed E-state index contributed by atoms with van der Waals surface area (Å²) in [7, 11) is 0. The SMILES string of the molecule is Cc1ccc(-c2nnc(S[C@@H](C)C(=O)N3CC[NH+](Cc4ccccc4)CC3)o2)cc1.